The molecule has 0 saturated heterocycles. The summed E-state index contributed by atoms with van der Waals surface area (Å²) in [6.07, 6.45) is 4.56. The zero-order valence-corrected chi connectivity index (χ0v) is 10.9. The van der Waals surface area contributed by atoms with Gasteiger partial charge >= 0.3 is 0 Å². The van der Waals surface area contributed by atoms with Crippen molar-refractivity contribution in [2.24, 2.45) is 11.7 Å². The molecule has 1 fully saturated rings. The van der Waals surface area contributed by atoms with Crippen molar-refractivity contribution in [3.8, 4) is 5.75 Å². The molecule has 0 bridgehead atoms. The van der Waals surface area contributed by atoms with Crippen molar-refractivity contribution in [1.82, 2.24) is 0 Å². The van der Waals surface area contributed by atoms with Gasteiger partial charge in [-0.15, -0.1) is 0 Å². The lowest BCUT2D eigenvalue weighted by Gasteiger charge is -2.27. The van der Waals surface area contributed by atoms with Gasteiger partial charge in [-0.2, -0.15) is 0 Å². The molecule has 2 N–H and O–H groups in total. The van der Waals surface area contributed by atoms with Crippen molar-refractivity contribution in [1.29, 1.82) is 0 Å². The van der Waals surface area contributed by atoms with Crippen LogP contribution in [0.25, 0.3) is 0 Å². The van der Waals surface area contributed by atoms with Crippen molar-refractivity contribution in [3.63, 3.8) is 0 Å². The number of hydrogen-bond acceptors (Lipinski definition) is 2. The monoisotopic (exact) mass is 233 g/mol. The predicted molar refractivity (Wildman–Crippen MR) is 71.1 cm³/mol. The van der Waals surface area contributed by atoms with Crippen molar-refractivity contribution in [2.45, 2.75) is 45.1 Å². The Balaban J connectivity index is 2.08. The molecule has 2 rings (SSSR count). The van der Waals surface area contributed by atoms with E-state index < -0.39 is 0 Å². The van der Waals surface area contributed by atoms with Gasteiger partial charge in [-0.25, -0.2) is 0 Å². The molecule has 0 unspecified atom stereocenters. The lowest BCUT2D eigenvalue weighted by molar-refractivity contribution is 0.298. The fraction of sp³-hybridized carbons (Fsp3) is 0.600. The standard InChI is InChI=1S/C15H23NO/c1-3-15(16,4-2)13-6-5-7-14(10-13)17-11-12-8-9-12/h5-7,10,12H,3-4,8-9,11,16H2,1-2H3. The molecule has 1 aromatic carbocycles. The van der Waals surface area contributed by atoms with E-state index in [0.717, 1.165) is 31.1 Å². The molecule has 0 aromatic heterocycles. The fourth-order valence-corrected chi connectivity index (χ4v) is 2.05. The Morgan fingerprint density at radius 3 is 2.59 bits per heavy atom. The van der Waals surface area contributed by atoms with E-state index in [4.69, 9.17) is 10.5 Å². The van der Waals surface area contributed by atoms with Crippen LogP contribution in [0.2, 0.25) is 0 Å². The Kier molecular flexibility index (Phi) is 3.72. The second kappa shape index (κ2) is 5.09. The topological polar surface area (TPSA) is 35.2 Å². The molecule has 1 aliphatic carbocycles. The Labute approximate surface area is 104 Å². The molecular weight excluding hydrogens is 210 g/mol. The van der Waals surface area contributed by atoms with Gasteiger partial charge in [0.05, 0.1) is 6.61 Å². The van der Waals surface area contributed by atoms with Crippen LogP contribution in [0, 0.1) is 5.92 Å². The first-order valence-corrected chi connectivity index (χ1v) is 6.70. The molecule has 0 atom stereocenters. The van der Waals surface area contributed by atoms with Gasteiger partial charge in [-0.1, -0.05) is 26.0 Å². The lowest BCUT2D eigenvalue weighted by atomic mass is 9.86. The van der Waals surface area contributed by atoms with Gasteiger partial charge in [-0.3, -0.25) is 0 Å². The van der Waals surface area contributed by atoms with Gasteiger partial charge in [0.15, 0.2) is 0 Å². The minimum Gasteiger partial charge on any atom is -0.493 e. The third-order valence-corrected chi connectivity index (χ3v) is 3.85. The molecule has 0 radical (unpaired) electrons. The summed E-state index contributed by atoms with van der Waals surface area (Å²) in [5.74, 6) is 1.75. The average molecular weight is 233 g/mol. The highest BCUT2D eigenvalue weighted by molar-refractivity contribution is 5.33. The Morgan fingerprint density at radius 1 is 1.29 bits per heavy atom. The molecule has 0 spiro atoms. The van der Waals surface area contributed by atoms with Crippen LogP contribution in [0.15, 0.2) is 24.3 Å². The van der Waals surface area contributed by atoms with Crippen LogP contribution in [-0.4, -0.2) is 6.61 Å². The maximum atomic E-state index is 6.40. The summed E-state index contributed by atoms with van der Waals surface area (Å²) >= 11 is 0. The van der Waals surface area contributed by atoms with Crippen LogP contribution in [-0.2, 0) is 5.54 Å². The summed E-state index contributed by atoms with van der Waals surface area (Å²) in [4.78, 5) is 0. The molecule has 2 heteroatoms. The second-order valence-electron chi connectivity index (χ2n) is 5.15. The third kappa shape index (κ3) is 3.01. The number of benzene rings is 1. The number of ether oxygens (including phenoxy) is 1. The van der Waals surface area contributed by atoms with E-state index in [0.29, 0.717) is 0 Å². The van der Waals surface area contributed by atoms with Crippen LogP contribution < -0.4 is 10.5 Å². The summed E-state index contributed by atoms with van der Waals surface area (Å²) < 4.78 is 5.80. The normalized spacial score (nSPS) is 15.9. The van der Waals surface area contributed by atoms with E-state index in [1.54, 1.807) is 0 Å². The van der Waals surface area contributed by atoms with Gasteiger partial charge in [0, 0.05) is 5.54 Å². The Hall–Kier alpha value is -1.02. The van der Waals surface area contributed by atoms with E-state index in [1.165, 1.54) is 18.4 Å². The number of hydrogen-bond donors (Lipinski definition) is 1. The minimum atomic E-state index is -0.209. The van der Waals surface area contributed by atoms with Crippen molar-refractivity contribution >= 4 is 0 Å². The zero-order chi connectivity index (χ0) is 12.3. The summed E-state index contributed by atoms with van der Waals surface area (Å²) in [5, 5.41) is 0. The Morgan fingerprint density at radius 2 is 2.00 bits per heavy atom. The molecule has 94 valence electrons. The fourth-order valence-electron chi connectivity index (χ4n) is 2.05. The van der Waals surface area contributed by atoms with E-state index in [9.17, 15) is 0 Å². The average Bonchev–Trinajstić information content (AvgIpc) is 3.20. The van der Waals surface area contributed by atoms with Crippen LogP contribution >= 0.6 is 0 Å². The second-order valence-corrected chi connectivity index (χ2v) is 5.15. The minimum absolute atomic E-state index is 0.209. The third-order valence-electron chi connectivity index (χ3n) is 3.85. The molecule has 1 aliphatic rings. The van der Waals surface area contributed by atoms with Gasteiger partial charge in [-0.05, 0) is 49.3 Å². The van der Waals surface area contributed by atoms with Crippen LogP contribution in [0.5, 0.6) is 5.75 Å². The number of rotatable bonds is 6. The quantitative estimate of drug-likeness (QED) is 0.816. The van der Waals surface area contributed by atoms with Gasteiger partial charge in [0.1, 0.15) is 5.75 Å². The summed E-state index contributed by atoms with van der Waals surface area (Å²) in [6, 6.07) is 8.29. The summed E-state index contributed by atoms with van der Waals surface area (Å²) in [6.45, 7) is 5.14. The molecule has 17 heavy (non-hydrogen) atoms. The van der Waals surface area contributed by atoms with Gasteiger partial charge in [0.25, 0.3) is 0 Å². The molecule has 2 nitrogen and oxygen atoms in total. The van der Waals surface area contributed by atoms with Crippen molar-refractivity contribution in [2.75, 3.05) is 6.61 Å². The molecule has 0 aliphatic heterocycles. The highest BCUT2D eigenvalue weighted by Crippen LogP contribution is 2.31. The van der Waals surface area contributed by atoms with E-state index in [1.807, 2.05) is 12.1 Å². The smallest absolute Gasteiger partial charge is 0.119 e. The van der Waals surface area contributed by atoms with Crippen LogP contribution in [0.4, 0.5) is 0 Å². The van der Waals surface area contributed by atoms with E-state index in [2.05, 4.69) is 26.0 Å². The van der Waals surface area contributed by atoms with E-state index >= 15 is 0 Å². The van der Waals surface area contributed by atoms with Crippen LogP contribution in [0.3, 0.4) is 0 Å². The maximum Gasteiger partial charge on any atom is 0.119 e. The van der Waals surface area contributed by atoms with Gasteiger partial charge < -0.3 is 10.5 Å². The predicted octanol–water partition coefficient (Wildman–Crippen LogP) is 3.45. The van der Waals surface area contributed by atoms with Crippen LogP contribution in [0.1, 0.15) is 45.1 Å². The Bertz CT molecular complexity index is 367. The summed E-state index contributed by atoms with van der Waals surface area (Å²) in [5.41, 5.74) is 7.38. The molecular formula is C15H23NO. The van der Waals surface area contributed by atoms with Crippen molar-refractivity contribution in [3.05, 3.63) is 29.8 Å². The highest BCUT2D eigenvalue weighted by atomic mass is 16.5. The van der Waals surface area contributed by atoms with Crippen molar-refractivity contribution < 1.29 is 4.74 Å². The lowest BCUT2D eigenvalue weighted by Crippen LogP contribution is -2.35. The molecule has 0 heterocycles. The molecule has 1 aromatic rings. The highest BCUT2D eigenvalue weighted by Gasteiger charge is 2.24. The maximum absolute atomic E-state index is 6.40. The van der Waals surface area contributed by atoms with Gasteiger partial charge in [0.2, 0.25) is 0 Å². The summed E-state index contributed by atoms with van der Waals surface area (Å²) in [7, 11) is 0. The molecule has 1 saturated carbocycles. The first kappa shape index (κ1) is 12.4. The van der Waals surface area contributed by atoms with E-state index in [-0.39, 0.29) is 5.54 Å². The SMILES string of the molecule is CCC(N)(CC)c1cccc(OCC2CC2)c1. The largest absolute Gasteiger partial charge is 0.493 e. The molecule has 0 amide bonds. The number of nitrogens with two attached hydrogens (primary N) is 1. The first-order valence-electron chi connectivity index (χ1n) is 6.70. The zero-order valence-electron chi connectivity index (χ0n) is 10.9. The first-order chi connectivity index (χ1) is 8.18.